The topological polar surface area (TPSA) is 49.3 Å². The molecule has 5 nitrogen and oxygen atoms in total. The minimum absolute atomic E-state index is 0.128. The standard InChI is InChI=1S/C19H21FN4O/c1-13-5-4-8-23(10-13)19-21-9-15-17(22-19)12-24(18(15)25)11-14-6-2-3-7-16(14)20/h2-3,6-7,9,13H,4-5,8,10-12H2,1H3. The molecule has 0 spiro atoms. The van der Waals surface area contributed by atoms with Gasteiger partial charge in [0.2, 0.25) is 5.95 Å². The Morgan fingerprint density at radius 3 is 2.96 bits per heavy atom. The van der Waals surface area contributed by atoms with Gasteiger partial charge < -0.3 is 9.80 Å². The van der Waals surface area contributed by atoms with Gasteiger partial charge in [0, 0.05) is 31.4 Å². The average Bonchev–Trinajstić information content (AvgIpc) is 2.92. The molecule has 3 heterocycles. The summed E-state index contributed by atoms with van der Waals surface area (Å²) in [5, 5.41) is 0. The molecule has 25 heavy (non-hydrogen) atoms. The van der Waals surface area contributed by atoms with Gasteiger partial charge in [-0.15, -0.1) is 0 Å². The number of benzene rings is 1. The summed E-state index contributed by atoms with van der Waals surface area (Å²) < 4.78 is 13.9. The molecule has 0 radical (unpaired) electrons. The number of carbonyl (C=O) groups excluding carboxylic acids is 1. The lowest BCUT2D eigenvalue weighted by Crippen LogP contribution is -2.35. The number of amides is 1. The Morgan fingerprint density at radius 1 is 1.32 bits per heavy atom. The fourth-order valence-corrected chi connectivity index (χ4v) is 3.61. The maximum Gasteiger partial charge on any atom is 0.258 e. The van der Waals surface area contributed by atoms with Gasteiger partial charge in [-0.3, -0.25) is 4.79 Å². The van der Waals surface area contributed by atoms with Crippen molar-refractivity contribution < 1.29 is 9.18 Å². The second-order valence-electron chi connectivity index (χ2n) is 6.98. The van der Waals surface area contributed by atoms with Crippen molar-refractivity contribution in [2.75, 3.05) is 18.0 Å². The zero-order chi connectivity index (χ0) is 17.4. The van der Waals surface area contributed by atoms with Gasteiger partial charge in [-0.2, -0.15) is 0 Å². The summed E-state index contributed by atoms with van der Waals surface area (Å²) in [4.78, 5) is 25.4. The SMILES string of the molecule is CC1CCCN(c2ncc3c(n2)CN(Cc2ccccc2F)C3=O)C1. The Balaban J connectivity index is 1.54. The first-order valence-electron chi connectivity index (χ1n) is 8.75. The van der Waals surface area contributed by atoms with Crippen molar-refractivity contribution in [1.29, 1.82) is 0 Å². The molecule has 4 rings (SSSR count). The number of aromatic nitrogens is 2. The summed E-state index contributed by atoms with van der Waals surface area (Å²) in [6, 6.07) is 6.55. The zero-order valence-corrected chi connectivity index (χ0v) is 14.3. The summed E-state index contributed by atoms with van der Waals surface area (Å²) >= 11 is 0. The lowest BCUT2D eigenvalue weighted by atomic mass is 10.0. The fourth-order valence-electron chi connectivity index (χ4n) is 3.61. The van der Waals surface area contributed by atoms with Crippen molar-refractivity contribution in [1.82, 2.24) is 14.9 Å². The largest absolute Gasteiger partial charge is 0.341 e. The van der Waals surface area contributed by atoms with E-state index < -0.39 is 0 Å². The van der Waals surface area contributed by atoms with Gasteiger partial charge in [-0.25, -0.2) is 14.4 Å². The van der Waals surface area contributed by atoms with E-state index >= 15 is 0 Å². The van der Waals surface area contributed by atoms with Crippen LogP contribution in [0.15, 0.2) is 30.5 Å². The van der Waals surface area contributed by atoms with E-state index in [0.717, 1.165) is 25.2 Å². The summed E-state index contributed by atoms with van der Waals surface area (Å²) in [6.45, 7) is 4.79. The van der Waals surface area contributed by atoms with Gasteiger partial charge in [0.15, 0.2) is 0 Å². The van der Waals surface area contributed by atoms with Crippen LogP contribution in [-0.4, -0.2) is 33.9 Å². The quantitative estimate of drug-likeness (QED) is 0.862. The number of fused-ring (bicyclic) bond motifs is 1. The van der Waals surface area contributed by atoms with Gasteiger partial charge in [-0.1, -0.05) is 25.1 Å². The van der Waals surface area contributed by atoms with Gasteiger partial charge in [0.05, 0.1) is 17.8 Å². The van der Waals surface area contributed by atoms with Crippen LogP contribution in [-0.2, 0) is 13.1 Å². The predicted molar refractivity (Wildman–Crippen MR) is 92.6 cm³/mol. The van der Waals surface area contributed by atoms with Crippen LogP contribution in [0.5, 0.6) is 0 Å². The molecule has 1 aromatic heterocycles. The third kappa shape index (κ3) is 3.08. The Labute approximate surface area is 146 Å². The molecule has 2 aliphatic heterocycles. The highest BCUT2D eigenvalue weighted by molar-refractivity contribution is 5.97. The number of hydrogen-bond donors (Lipinski definition) is 0. The third-order valence-electron chi connectivity index (χ3n) is 4.97. The number of hydrogen-bond acceptors (Lipinski definition) is 4. The smallest absolute Gasteiger partial charge is 0.258 e. The van der Waals surface area contributed by atoms with Gasteiger partial charge in [0.1, 0.15) is 5.82 Å². The number of piperidine rings is 1. The van der Waals surface area contributed by atoms with Crippen molar-refractivity contribution in [3.63, 3.8) is 0 Å². The van der Waals surface area contributed by atoms with Gasteiger partial charge in [-0.05, 0) is 24.8 Å². The lowest BCUT2D eigenvalue weighted by Gasteiger charge is -2.30. The fraction of sp³-hybridized carbons (Fsp3) is 0.421. The molecule has 0 saturated carbocycles. The van der Waals surface area contributed by atoms with Crippen LogP contribution >= 0.6 is 0 Å². The zero-order valence-electron chi connectivity index (χ0n) is 14.3. The maximum absolute atomic E-state index is 13.9. The van der Waals surface area contributed by atoms with Crippen LogP contribution in [0.25, 0.3) is 0 Å². The van der Waals surface area contributed by atoms with Crippen molar-refractivity contribution in [3.8, 4) is 0 Å². The Hall–Kier alpha value is -2.50. The van der Waals surface area contributed by atoms with E-state index in [1.165, 1.54) is 12.5 Å². The molecule has 6 heteroatoms. The van der Waals surface area contributed by atoms with Crippen LogP contribution in [0.4, 0.5) is 10.3 Å². The molecule has 0 bridgehead atoms. The minimum Gasteiger partial charge on any atom is -0.341 e. The van der Waals surface area contributed by atoms with E-state index in [2.05, 4.69) is 21.8 Å². The second-order valence-corrected chi connectivity index (χ2v) is 6.98. The third-order valence-corrected chi connectivity index (χ3v) is 4.97. The van der Waals surface area contributed by atoms with E-state index in [1.807, 2.05) is 0 Å². The predicted octanol–water partition coefficient (Wildman–Crippen LogP) is 3.01. The molecule has 2 aliphatic rings. The summed E-state index contributed by atoms with van der Waals surface area (Å²) in [7, 11) is 0. The van der Waals surface area contributed by atoms with Crippen LogP contribution in [0.2, 0.25) is 0 Å². The van der Waals surface area contributed by atoms with Crippen molar-refractivity contribution in [2.45, 2.75) is 32.9 Å². The number of halogens is 1. The first kappa shape index (κ1) is 16.0. The Bertz CT molecular complexity index is 810. The minimum atomic E-state index is -0.291. The normalized spacial score (nSPS) is 20.1. The van der Waals surface area contributed by atoms with Crippen LogP contribution < -0.4 is 4.90 Å². The number of carbonyl (C=O) groups is 1. The molecule has 0 aliphatic carbocycles. The molecule has 130 valence electrons. The molecule has 1 fully saturated rings. The number of rotatable bonds is 3. The first-order valence-corrected chi connectivity index (χ1v) is 8.75. The van der Waals surface area contributed by atoms with E-state index in [9.17, 15) is 9.18 Å². The molecule has 1 atom stereocenters. The second kappa shape index (κ2) is 6.43. The molecule has 0 N–H and O–H groups in total. The van der Waals surface area contributed by atoms with Crippen molar-refractivity contribution in [3.05, 3.63) is 53.1 Å². The lowest BCUT2D eigenvalue weighted by molar-refractivity contribution is 0.0764. The van der Waals surface area contributed by atoms with E-state index in [1.54, 1.807) is 29.3 Å². The molecular formula is C19H21FN4O. The van der Waals surface area contributed by atoms with Crippen LogP contribution in [0, 0.1) is 11.7 Å². The summed E-state index contributed by atoms with van der Waals surface area (Å²) in [5.41, 5.74) is 1.79. The maximum atomic E-state index is 13.9. The molecule has 1 amide bonds. The summed E-state index contributed by atoms with van der Waals surface area (Å²) in [6.07, 6.45) is 4.00. The Morgan fingerprint density at radius 2 is 2.16 bits per heavy atom. The molecule has 2 aromatic rings. The monoisotopic (exact) mass is 340 g/mol. The summed E-state index contributed by atoms with van der Waals surface area (Å²) in [5.74, 6) is 0.910. The van der Waals surface area contributed by atoms with E-state index in [4.69, 9.17) is 0 Å². The van der Waals surface area contributed by atoms with Crippen molar-refractivity contribution >= 4 is 11.9 Å². The van der Waals surface area contributed by atoms with Gasteiger partial charge in [0.25, 0.3) is 5.91 Å². The first-order chi connectivity index (χ1) is 12.1. The average molecular weight is 340 g/mol. The molecule has 1 aromatic carbocycles. The molecule has 1 unspecified atom stereocenters. The highest BCUT2D eigenvalue weighted by atomic mass is 19.1. The van der Waals surface area contributed by atoms with E-state index in [-0.39, 0.29) is 18.3 Å². The van der Waals surface area contributed by atoms with E-state index in [0.29, 0.717) is 29.5 Å². The highest BCUT2D eigenvalue weighted by Gasteiger charge is 2.31. The van der Waals surface area contributed by atoms with Crippen LogP contribution in [0.3, 0.4) is 0 Å². The van der Waals surface area contributed by atoms with Crippen molar-refractivity contribution in [2.24, 2.45) is 5.92 Å². The number of nitrogens with zero attached hydrogens (tertiary/aromatic N) is 4. The van der Waals surface area contributed by atoms with Crippen LogP contribution in [0.1, 0.15) is 41.4 Å². The Kier molecular flexibility index (Phi) is 4.11. The molecule has 1 saturated heterocycles. The molecular weight excluding hydrogens is 319 g/mol. The number of anilines is 1. The van der Waals surface area contributed by atoms with Gasteiger partial charge >= 0.3 is 0 Å². The highest BCUT2D eigenvalue weighted by Crippen LogP contribution is 2.26.